The molecule has 29 heavy (non-hydrogen) atoms. The quantitative estimate of drug-likeness (QED) is 0.758. The Labute approximate surface area is 174 Å². The number of hydrogen-bond acceptors (Lipinski definition) is 5. The standard InChI is InChI=1S/C20H23N3O4S2/c24-18-8-3-10-22(18)16-6-1-5-15(13-16)14-21-20(25)17-7-2-11-23(17)29(26,27)19-9-4-12-28-19/h1,4-6,9,12-13,17H,2-3,7-8,10-11,14H2,(H,21,25)/t17-/m0/s1. The lowest BCUT2D eigenvalue weighted by Gasteiger charge is -2.23. The zero-order chi connectivity index (χ0) is 20.4. The number of nitrogens with one attached hydrogen (secondary N) is 1. The molecule has 2 aliphatic rings. The van der Waals surface area contributed by atoms with E-state index < -0.39 is 16.1 Å². The van der Waals surface area contributed by atoms with Crippen LogP contribution in [0.2, 0.25) is 0 Å². The van der Waals surface area contributed by atoms with Crippen LogP contribution in [0.25, 0.3) is 0 Å². The topological polar surface area (TPSA) is 86.8 Å². The van der Waals surface area contributed by atoms with E-state index >= 15 is 0 Å². The van der Waals surface area contributed by atoms with E-state index in [4.69, 9.17) is 0 Å². The Morgan fingerprint density at radius 1 is 1.17 bits per heavy atom. The largest absolute Gasteiger partial charge is 0.351 e. The first-order valence-corrected chi connectivity index (χ1v) is 12.0. The van der Waals surface area contributed by atoms with Gasteiger partial charge < -0.3 is 10.2 Å². The summed E-state index contributed by atoms with van der Waals surface area (Å²) in [6.07, 6.45) is 2.60. The van der Waals surface area contributed by atoms with Crippen molar-refractivity contribution in [3.05, 3.63) is 47.3 Å². The molecule has 2 saturated heterocycles. The van der Waals surface area contributed by atoms with Crippen LogP contribution in [0.4, 0.5) is 5.69 Å². The maximum Gasteiger partial charge on any atom is 0.253 e. The van der Waals surface area contributed by atoms with E-state index in [9.17, 15) is 18.0 Å². The van der Waals surface area contributed by atoms with E-state index in [2.05, 4.69) is 5.32 Å². The summed E-state index contributed by atoms with van der Waals surface area (Å²) < 4.78 is 27.2. The first kappa shape index (κ1) is 20.1. The zero-order valence-corrected chi connectivity index (χ0v) is 17.5. The number of carbonyl (C=O) groups excluding carboxylic acids is 2. The molecular formula is C20H23N3O4S2. The molecule has 0 saturated carbocycles. The number of benzene rings is 1. The summed E-state index contributed by atoms with van der Waals surface area (Å²) in [5.41, 5.74) is 1.71. The predicted molar refractivity (Wildman–Crippen MR) is 111 cm³/mol. The Balaban J connectivity index is 1.43. The molecule has 2 aliphatic heterocycles. The van der Waals surface area contributed by atoms with Crippen molar-refractivity contribution in [2.75, 3.05) is 18.0 Å². The summed E-state index contributed by atoms with van der Waals surface area (Å²) in [6, 6.07) is 10.1. The molecule has 1 aromatic heterocycles. The monoisotopic (exact) mass is 433 g/mol. The summed E-state index contributed by atoms with van der Waals surface area (Å²) >= 11 is 1.16. The number of amides is 2. The lowest BCUT2D eigenvalue weighted by Crippen LogP contribution is -2.45. The van der Waals surface area contributed by atoms with Crippen LogP contribution < -0.4 is 10.2 Å². The minimum absolute atomic E-state index is 0.117. The van der Waals surface area contributed by atoms with E-state index in [-0.39, 0.29) is 22.6 Å². The molecule has 7 nitrogen and oxygen atoms in total. The van der Waals surface area contributed by atoms with Gasteiger partial charge in [0.2, 0.25) is 11.8 Å². The highest BCUT2D eigenvalue weighted by Crippen LogP contribution is 2.29. The van der Waals surface area contributed by atoms with Crippen molar-refractivity contribution in [3.8, 4) is 0 Å². The predicted octanol–water partition coefficient (Wildman–Crippen LogP) is 2.34. The second kappa shape index (κ2) is 8.25. The maximum atomic E-state index is 12.8. The molecule has 0 aliphatic carbocycles. The lowest BCUT2D eigenvalue weighted by molar-refractivity contribution is -0.124. The Morgan fingerprint density at radius 3 is 2.76 bits per heavy atom. The number of rotatable bonds is 6. The number of anilines is 1. The van der Waals surface area contributed by atoms with Crippen LogP contribution in [-0.2, 0) is 26.2 Å². The fraction of sp³-hybridized carbons (Fsp3) is 0.400. The number of carbonyl (C=O) groups is 2. The van der Waals surface area contributed by atoms with Gasteiger partial charge in [0.1, 0.15) is 10.3 Å². The van der Waals surface area contributed by atoms with Crippen LogP contribution in [0.5, 0.6) is 0 Å². The summed E-state index contributed by atoms with van der Waals surface area (Å²) in [5, 5.41) is 4.59. The molecule has 1 aromatic carbocycles. The highest BCUT2D eigenvalue weighted by Gasteiger charge is 2.39. The van der Waals surface area contributed by atoms with Gasteiger partial charge in [-0.3, -0.25) is 9.59 Å². The lowest BCUT2D eigenvalue weighted by atomic mass is 10.1. The van der Waals surface area contributed by atoms with Gasteiger partial charge in [0.15, 0.2) is 0 Å². The summed E-state index contributed by atoms with van der Waals surface area (Å²) in [7, 11) is -3.65. The first-order valence-electron chi connectivity index (χ1n) is 9.69. The van der Waals surface area contributed by atoms with E-state index in [0.29, 0.717) is 32.4 Å². The highest BCUT2D eigenvalue weighted by atomic mass is 32.2. The molecule has 2 aromatic rings. The molecular weight excluding hydrogens is 410 g/mol. The van der Waals surface area contributed by atoms with Crippen molar-refractivity contribution in [2.24, 2.45) is 0 Å². The molecule has 9 heteroatoms. The minimum Gasteiger partial charge on any atom is -0.351 e. The SMILES string of the molecule is O=C(NCc1cccc(N2CCCC2=O)c1)[C@@H]1CCCN1S(=O)(=O)c1cccs1. The van der Waals surface area contributed by atoms with Gasteiger partial charge in [0.05, 0.1) is 0 Å². The Hall–Kier alpha value is -2.23. The molecule has 1 N–H and O–H groups in total. The summed E-state index contributed by atoms with van der Waals surface area (Å²) in [6.45, 7) is 1.36. The normalized spacial score (nSPS) is 20.3. The minimum atomic E-state index is -3.65. The Kier molecular flexibility index (Phi) is 5.71. The van der Waals surface area contributed by atoms with Gasteiger partial charge in [0, 0.05) is 31.7 Å². The van der Waals surface area contributed by atoms with Gasteiger partial charge in [-0.15, -0.1) is 11.3 Å². The summed E-state index contributed by atoms with van der Waals surface area (Å²) in [5.74, 6) is -0.170. The second-order valence-corrected chi connectivity index (χ2v) is 10.3. The molecule has 0 bridgehead atoms. The van der Waals surface area contributed by atoms with Crippen LogP contribution in [0.3, 0.4) is 0 Å². The molecule has 3 heterocycles. The average Bonchev–Trinajstić information content (AvgIpc) is 3.47. The maximum absolute atomic E-state index is 12.8. The van der Waals surface area contributed by atoms with Gasteiger partial charge in [-0.1, -0.05) is 18.2 Å². The smallest absolute Gasteiger partial charge is 0.253 e. The second-order valence-electron chi connectivity index (χ2n) is 7.24. The van der Waals surface area contributed by atoms with Crippen molar-refractivity contribution >= 4 is 38.9 Å². The van der Waals surface area contributed by atoms with Crippen molar-refractivity contribution < 1.29 is 18.0 Å². The van der Waals surface area contributed by atoms with Crippen LogP contribution in [0.1, 0.15) is 31.2 Å². The van der Waals surface area contributed by atoms with Crippen LogP contribution in [0.15, 0.2) is 46.0 Å². The number of hydrogen-bond donors (Lipinski definition) is 1. The van der Waals surface area contributed by atoms with Gasteiger partial charge in [-0.2, -0.15) is 4.31 Å². The van der Waals surface area contributed by atoms with E-state index in [0.717, 1.165) is 29.0 Å². The first-order chi connectivity index (χ1) is 14.0. The third kappa shape index (κ3) is 4.08. The molecule has 4 rings (SSSR count). The van der Waals surface area contributed by atoms with Crippen LogP contribution >= 0.6 is 11.3 Å². The van der Waals surface area contributed by atoms with Gasteiger partial charge >= 0.3 is 0 Å². The average molecular weight is 434 g/mol. The van der Waals surface area contributed by atoms with Crippen LogP contribution in [-0.4, -0.2) is 43.7 Å². The molecule has 1 atom stereocenters. The van der Waals surface area contributed by atoms with Gasteiger partial charge in [0.25, 0.3) is 10.0 Å². The molecule has 2 amide bonds. The number of thiophene rings is 1. The van der Waals surface area contributed by atoms with E-state index in [1.54, 1.807) is 22.4 Å². The fourth-order valence-corrected chi connectivity index (χ4v) is 6.65. The van der Waals surface area contributed by atoms with E-state index in [1.165, 1.54) is 4.31 Å². The van der Waals surface area contributed by atoms with Crippen molar-refractivity contribution in [3.63, 3.8) is 0 Å². The molecule has 0 unspecified atom stereocenters. The Morgan fingerprint density at radius 2 is 2.03 bits per heavy atom. The van der Waals surface area contributed by atoms with Crippen LogP contribution in [0, 0.1) is 0 Å². The van der Waals surface area contributed by atoms with E-state index in [1.807, 2.05) is 24.3 Å². The summed E-state index contributed by atoms with van der Waals surface area (Å²) in [4.78, 5) is 26.5. The molecule has 0 radical (unpaired) electrons. The van der Waals surface area contributed by atoms with Gasteiger partial charge in [-0.05, 0) is 48.4 Å². The number of sulfonamides is 1. The number of nitrogens with zero attached hydrogens (tertiary/aromatic N) is 2. The highest BCUT2D eigenvalue weighted by molar-refractivity contribution is 7.91. The van der Waals surface area contributed by atoms with Crippen molar-refractivity contribution in [1.29, 1.82) is 0 Å². The van der Waals surface area contributed by atoms with Crippen molar-refractivity contribution in [2.45, 2.75) is 42.5 Å². The molecule has 2 fully saturated rings. The molecule has 154 valence electrons. The Bertz CT molecular complexity index is 1000. The fourth-order valence-electron chi connectivity index (χ4n) is 3.88. The van der Waals surface area contributed by atoms with Gasteiger partial charge in [-0.25, -0.2) is 8.42 Å². The molecule has 0 spiro atoms. The third-order valence-corrected chi connectivity index (χ3v) is 8.61. The third-order valence-electron chi connectivity index (χ3n) is 5.33. The van der Waals surface area contributed by atoms with Crippen molar-refractivity contribution in [1.82, 2.24) is 9.62 Å². The zero-order valence-electron chi connectivity index (χ0n) is 15.9.